The number of aliphatic hydroxyl groups is 1. The molecule has 1 aromatic rings. The van der Waals surface area contributed by atoms with Crippen LogP contribution in [0.25, 0.3) is 0 Å². The van der Waals surface area contributed by atoms with E-state index >= 15 is 0 Å². The largest absolute Gasteiger partial charge is 0.389 e. The van der Waals surface area contributed by atoms with Crippen molar-refractivity contribution in [1.82, 2.24) is 5.32 Å². The Bertz CT molecular complexity index is 544. The number of benzene rings is 1. The first-order valence-corrected chi connectivity index (χ1v) is 5.92. The van der Waals surface area contributed by atoms with Crippen LogP contribution in [0.5, 0.6) is 0 Å². The van der Waals surface area contributed by atoms with Crippen LogP contribution in [-0.4, -0.2) is 42.3 Å². The topological polar surface area (TPSA) is 125 Å². The number of nitrogens with two attached hydrogens (primary N) is 1. The third-order valence-corrected chi connectivity index (χ3v) is 3.06. The van der Waals surface area contributed by atoms with E-state index in [1.165, 1.54) is 25.2 Å². The van der Waals surface area contributed by atoms with Crippen LogP contribution in [0.2, 0.25) is 0 Å². The second-order valence-corrected chi connectivity index (χ2v) is 4.41. The molecular weight excluding hydrogens is 266 g/mol. The van der Waals surface area contributed by atoms with Gasteiger partial charge in [-0.2, -0.15) is 0 Å². The monoisotopic (exact) mass is 281 g/mol. The van der Waals surface area contributed by atoms with E-state index in [9.17, 15) is 20.0 Å². The molecule has 1 aliphatic heterocycles. The molecule has 1 heterocycles. The predicted molar refractivity (Wildman–Crippen MR) is 72.4 cm³/mol. The molecular formula is C11H15N5O4. The van der Waals surface area contributed by atoms with E-state index in [1.54, 1.807) is 4.90 Å². The number of nitrogens with zero attached hydrogens (tertiary/aromatic N) is 3. The second-order valence-electron chi connectivity index (χ2n) is 4.41. The Morgan fingerprint density at radius 3 is 2.75 bits per heavy atom. The molecule has 1 aliphatic rings. The summed E-state index contributed by atoms with van der Waals surface area (Å²) in [4.78, 5) is 23.6. The summed E-state index contributed by atoms with van der Waals surface area (Å²) in [7, 11) is 1.41. The Morgan fingerprint density at radius 2 is 2.25 bits per heavy atom. The van der Waals surface area contributed by atoms with Gasteiger partial charge in [0.2, 0.25) is 0 Å². The lowest BCUT2D eigenvalue weighted by molar-refractivity contribution is -0.384. The number of carbonyl (C=O) groups excluding carboxylic acids is 1. The van der Waals surface area contributed by atoms with E-state index in [2.05, 4.69) is 5.32 Å². The minimum Gasteiger partial charge on any atom is -0.389 e. The zero-order valence-corrected chi connectivity index (χ0v) is 10.8. The number of hydrogen-bond acceptors (Lipinski definition) is 6. The van der Waals surface area contributed by atoms with Crippen molar-refractivity contribution in [3.05, 3.63) is 28.3 Å². The molecule has 0 radical (unpaired) electrons. The Balaban J connectivity index is 2.40. The average Bonchev–Trinajstić information content (AvgIpc) is 2.41. The fraction of sp³-hybridized carbons (Fsp3) is 0.364. The van der Waals surface area contributed by atoms with Crippen molar-refractivity contribution in [1.29, 1.82) is 0 Å². The first-order chi connectivity index (χ1) is 9.43. The summed E-state index contributed by atoms with van der Waals surface area (Å²) < 4.78 is 0. The molecule has 0 saturated carbocycles. The maximum Gasteiger partial charge on any atom is 0.336 e. The molecule has 108 valence electrons. The van der Waals surface area contributed by atoms with E-state index in [1.807, 2.05) is 0 Å². The Hall–Kier alpha value is -2.39. The van der Waals surface area contributed by atoms with Crippen LogP contribution >= 0.6 is 0 Å². The van der Waals surface area contributed by atoms with Crippen LogP contribution in [0.4, 0.5) is 21.9 Å². The number of non-ortho nitro benzene ring substituents is 1. The van der Waals surface area contributed by atoms with Gasteiger partial charge in [-0.25, -0.2) is 15.6 Å². The SMILES string of the molecule is CNC(=O)N(N)c1cc([N+](=O)[O-])ccc1N1CC(O)C1. The molecule has 2 amide bonds. The summed E-state index contributed by atoms with van der Waals surface area (Å²) in [5, 5.41) is 23.3. The smallest absolute Gasteiger partial charge is 0.336 e. The molecule has 0 bridgehead atoms. The van der Waals surface area contributed by atoms with E-state index in [4.69, 9.17) is 5.84 Å². The van der Waals surface area contributed by atoms with Gasteiger partial charge in [-0.3, -0.25) is 10.1 Å². The number of anilines is 2. The van der Waals surface area contributed by atoms with Gasteiger partial charge < -0.3 is 15.3 Å². The number of nitro benzene ring substituents is 1. The van der Waals surface area contributed by atoms with E-state index < -0.39 is 17.1 Å². The van der Waals surface area contributed by atoms with Gasteiger partial charge in [0.05, 0.1) is 22.4 Å². The zero-order chi connectivity index (χ0) is 14.9. The van der Waals surface area contributed by atoms with Crippen LogP contribution in [0, 0.1) is 10.1 Å². The van der Waals surface area contributed by atoms with Crippen molar-refractivity contribution in [2.75, 3.05) is 30.0 Å². The number of hydrazine groups is 1. The molecule has 0 atom stereocenters. The van der Waals surface area contributed by atoms with Gasteiger partial charge in [0.15, 0.2) is 0 Å². The number of nitro groups is 1. The van der Waals surface area contributed by atoms with Gasteiger partial charge in [-0.15, -0.1) is 0 Å². The minimum atomic E-state index is -0.590. The zero-order valence-electron chi connectivity index (χ0n) is 10.8. The Labute approximate surface area is 114 Å². The van der Waals surface area contributed by atoms with Gasteiger partial charge >= 0.3 is 6.03 Å². The molecule has 2 rings (SSSR count). The average molecular weight is 281 g/mol. The highest BCUT2D eigenvalue weighted by atomic mass is 16.6. The fourth-order valence-corrected chi connectivity index (χ4v) is 1.97. The molecule has 1 fully saturated rings. The number of aliphatic hydroxyl groups excluding tert-OH is 1. The van der Waals surface area contributed by atoms with Gasteiger partial charge in [-0.05, 0) is 6.07 Å². The summed E-state index contributed by atoms with van der Waals surface area (Å²) in [5.41, 5.74) is 0.613. The van der Waals surface area contributed by atoms with Gasteiger partial charge in [0.1, 0.15) is 0 Å². The Morgan fingerprint density at radius 1 is 1.60 bits per heavy atom. The number of amides is 2. The molecule has 0 unspecified atom stereocenters. The van der Waals surface area contributed by atoms with Crippen LogP contribution in [0.15, 0.2) is 18.2 Å². The molecule has 9 nitrogen and oxygen atoms in total. The van der Waals surface area contributed by atoms with Crippen molar-refractivity contribution < 1.29 is 14.8 Å². The van der Waals surface area contributed by atoms with Crippen LogP contribution in [-0.2, 0) is 0 Å². The number of rotatable bonds is 3. The van der Waals surface area contributed by atoms with Crippen LogP contribution < -0.4 is 21.1 Å². The highest BCUT2D eigenvalue weighted by Gasteiger charge is 2.29. The summed E-state index contributed by atoms with van der Waals surface area (Å²) in [6, 6.07) is 3.49. The third-order valence-electron chi connectivity index (χ3n) is 3.06. The van der Waals surface area contributed by atoms with E-state index in [0.717, 1.165) is 5.01 Å². The quantitative estimate of drug-likeness (QED) is 0.305. The van der Waals surface area contributed by atoms with E-state index in [-0.39, 0.29) is 11.4 Å². The number of β-amino-alcohol motifs (C(OH)–C–C–N with tert-alkyl or cyclic N) is 1. The van der Waals surface area contributed by atoms with Gasteiger partial charge in [0.25, 0.3) is 5.69 Å². The maximum absolute atomic E-state index is 11.6. The third kappa shape index (κ3) is 2.49. The molecule has 20 heavy (non-hydrogen) atoms. The molecule has 1 aromatic carbocycles. The summed E-state index contributed by atoms with van der Waals surface area (Å²) >= 11 is 0. The summed E-state index contributed by atoms with van der Waals surface area (Å²) in [5.74, 6) is 5.68. The second kappa shape index (κ2) is 5.31. The minimum absolute atomic E-state index is 0.163. The molecule has 9 heteroatoms. The van der Waals surface area contributed by atoms with Crippen LogP contribution in [0.3, 0.4) is 0 Å². The number of urea groups is 1. The number of hydrogen-bond donors (Lipinski definition) is 3. The lowest BCUT2D eigenvalue weighted by Crippen LogP contribution is -2.52. The number of carbonyl (C=O) groups is 1. The number of nitrogens with one attached hydrogen (secondary N) is 1. The lowest BCUT2D eigenvalue weighted by Gasteiger charge is -2.39. The van der Waals surface area contributed by atoms with Crippen LogP contribution in [0.1, 0.15) is 0 Å². The highest BCUT2D eigenvalue weighted by Crippen LogP contribution is 2.34. The Kier molecular flexibility index (Phi) is 3.72. The molecule has 0 aliphatic carbocycles. The normalized spacial score (nSPS) is 14.7. The maximum atomic E-state index is 11.6. The standard InChI is InChI=1S/C11H15N5O4/c1-13-11(18)15(12)10-4-7(16(19)20)2-3-9(10)14-5-8(17)6-14/h2-4,8,17H,5-6,12H2,1H3,(H,13,18). The molecule has 4 N–H and O–H groups in total. The molecule has 0 aromatic heterocycles. The first kappa shape index (κ1) is 14.0. The van der Waals surface area contributed by atoms with Crippen molar-refractivity contribution in [3.8, 4) is 0 Å². The predicted octanol–water partition coefficient (Wildman–Crippen LogP) is -0.205. The van der Waals surface area contributed by atoms with Crippen molar-refractivity contribution >= 4 is 23.1 Å². The molecule has 0 spiro atoms. The van der Waals surface area contributed by atoms with Crippen molar-refractivity contribution in [2.24, 2.45) is 5.84 Å². The fourth-order valence-electron chi connectivity index (χ4n) is 1.97. The van der Waals surface area contributed by atoms with Gasteiger partial charge in [0, 0.05) is 32.3 Å². The van der Waals surface area contributed by atoms with Gasteiger partial charge in [-0.1, -0.05) is 0 Å². The molecule has 1 saturated heterocycles. The summed E-state index contributed by atoms with van der Waals surface area (Å²) in [6.07, 6.45) is -0.440. The highest BCUT2D eigenvalue weighted by molar-refractivity contribution is 5.95. The van der Waals surface area contributed by atoms with E-state index in [0.29, 0.717) is 18.8 Å². The summed E-state index contributed by atoms with van der Waals surface area (Å²) in [6.45, 7) is 0.790. The van der Waals surface area contributed by atoms with Crippen molar-refractivity contribution in [3.63, 3.8) is 0 Å². The van der Waals surface area contributed by atoms with Crippen molar-refractivity contribution in [2.45, 2.75) is 6.10 Å². The first-order valence-electron chi connectivity index (χ1n) is 5.92. The lowest BCUT2D eigenvalue weighted by atomic mass is 10.1.